The highest BCUT2D eigenvalue weighted by Crippen LogP contribution is 2.27. The number of anilines is 1. The van der Waals surface area contributed by atoms with Gasteiger partial charge in [-0.15, -0.1) is 0 Å². The lowest BCUT2D eigenvalue weighted by molar-refractivity contribution is 0.00247. The Balaban J connectivity index is 1.51. The predicted molar refractivity (Wildman–Crippen MR) is 130 cm³/mol. The van der Waals surface area contributed by atoms with Gasteiger partial charge < -0.3 is 25.4 Å². The minimum Gasteiger partial charge on any atom is -0.507 e. The third kappa shape index (κ3) is 4.96. The molecular weight excluding hydrogens is 418 g/mol. The van der Waals surface area contributed by atoms with Crippen molar-refractivity contribution in [1.82, 2.24) is 14.5 Å². The number of rotatable bonds is 6. The van der Waals surface area contributed by atoms with Crippen molar-refractivity contribution in [2.45, 2.75) is 51.9 Å². The van der Waals surface area contributed by atoms with Gasteiger partial charge in [-0.25, -0.2) is 4.98 Å². The number of carbonyl (C=O) groups excluding carboxylic acids is 1. The number of β-amino-alcohol motifs (C(OH)–C–C–N with tert-alkyl or cyclic N) is 1. The molecule has 1 fully saturated rings. The molecule has 0 spiro atoms. The summed E-state index contributed by atoms with van der Waals surface area (Å²) < 4.78 is 2.02. The lowest BCUT2D eigenvalue weighted by Crippen LogP contribution is -2.59. The molecule has 0 saturated carbocycles. The predicted octanol–water partition coefficient (Wildman–Crippen LogP) is 2.56. The summed E-state index contributed by atoms with van der Waals surface area (Å²) >= 11 is 0. The highest BCUT2D eigenvalue weighted by molar-refractivity contribution is 5.95. The van der Waals surface area contributed by atoms with Gasteiger partial charge in [-0.05, 0) is 57.5 Å². The Kier molecular flexibility index (Phi) is 6.07. The van der Waals surface area contributed by atoms with E-state index >= 15 is 0 Å². The molecule has 3 heterocycles. The van der Waals surface area contributed by atoms with Crippen molar-refractivity contribution >= 4 is 22.6 Å². The molecule has 0 radical (unpaired) electrons. The number of aromatic hydroxyl groups is 1. The van der Waals surface area contributed by atoms with Gasteiger partial charge in [-0.1, -0.05) is 6.07 Å². The summed E-state index contributed by atoms with van der Waals surface area (Å²) in [5, 5.41) is 21.4. The molecule has 3 aromatic rings. The maximum atomic E-state index is 11.3. The van der Waals surface area contributed by atoms with Crippen LogP contribution in [0.15, 0.2) is 42.7 Å². The molecule has 33 heavy (non-hydrogen) atoms. The van der Waals surface area contributed by atoms with Gasteiger partial charge in [0.05, 0.1) is 23.0 Å². The van der Waals surface area contributed by atoms with Gasteiger partial charge in [0.1, 0.15) is 11.4 Å². The number of nitrogens with two attached hydrogens (primary N) is 1. The van der Waals surface area contributed by atoms with Crippen molar-refractivity contribution in [2.24, 2.45) is 5.73 Å². The molecule has 1 aromatic carbocycles. The van der Waals surface area contributed by atoms with E-state index in [0.717, 1.165) is 35.4 Å². The van der Waals surface area contributed by atoms with Crippen LogP contribution in [0.2, 0.25) is 0 Å². The number of amides is 1. The standard InChI is InChI=1S/C25H33N5O3/c1-16-12-29(13-17(2)30(16)15-25(3,4)33)20-10-19-7-8-28(24(19)27-11-20)14-18-5-6-21(23(26)32)22(31)9-18/h5-11,16-17,31,33H,12-15H2,1-4H3,(H2,26,32)/t16-,17+. The van der Waals surface area contributed by atoms with Crippen molar-refractivity contribution < 1.29 is 15.0 Å². The number of hydrogen-bond acceptors (Lipinski definition) is 6. The number of primary amides is 1. The van der Waals surface area contributed by atoms with Crippen LogP contribution in [-0.2, 0) is 6.54 Å². The number of hydrogen-bond donors (Lipinski definition) is 3. The van der Waals surface area contributed by atoms with E-state index < -0.39 is 11.5 Å². The molecule has 8 heteroatoms. The van der Waals surface area contributed by atoms with Crippen LogP contribution in [0.4, 0.5) is 5.69 Å². The Labute approximate surface area is 194 Å². The van der Waals surface area contributed by atoms with E-state index in [2.05, 4.69) is 29.7 Å². The van der Waals surface area contributed by atoms with Gasteiger partial charge >= 0.3 is 0 Å². The second-order valence-corrected chi connectivity index (χ2v) is 9.85. The second kappa shape index (κ2) is 8.68. The summed E-state index contributed by atoms with van der Waals surface area (Å²) in [5.74, 6) is -0.761. The molecule has 1 aliphatic heterocycles. The van der Waals surface area contributed by atoms with Crippen molar-refractivity contribution in [3.63, 3.8) is 0 Å². The van der Waals surface area contributed by atoms with E-state index in [1.807, 2.05) is 36.9 Å². The van der Waals surface area contributed by atoms with Gasteiger partial charge in [0.25, 0.3) is 5.91 Å². The highest BCUT2D eigenvalue weighted by Gasteiger charge is 2.32. The monoisotopic (exact) mass is 451 g/mol. The van der Waals surface area contributed by atoms with Crippen molar-refractivity contribution in [2.75, 3.05) is 24.5 Å². The lowest BCUT2D eigenvalue weighted by atomic mass is 10.0. The van der Waals surface area contributed by atoms with Crippen LogP contribution in [0.3, 0.4) is 0 Å². The SMILES string of the molecule is C[C@@H]1CN(c2cnc3c(ccn3Cc3ccc(C(N)=O)c(O)c3)c2)C[C@H](C)N1CC(C)(C)O. The quantitative estimate of drug-likeness (QED) is 0.532. The summed E-state index contributed by atoms with van der Waals surface area (Å²) in [6.07, 6.45) is 3.89. The number of phenols is 1. The van der Waals surface area contributed by atoms with Crippen LogP contribution in [-0.4, -0.2) is 67.9 Å². The number of benzene rings is 1. The number of pyridine rings is 1. The summed E-state index contributed by atoms with van der Waals surface area (Å²) in [6, 6.07) is 9.74. The molecule has 2 aromatic heterocycles. The number of nitrogens with zero attached hydrogens (tertiary/aromatic N) is 4. The summed E-state index contributed by atoms with van der Waals surface area (Å²) in [4.78, 5) is 20.8. The van der Waals surface area contributed by atoms with Crippen LogP contribution in [0.1, 0.15) is 43.6 Å². The van der Waals surface area contributed by atoms with Crippen molar-refractivity contribution in [1.29, 1.82) is 0 Å². The molecule has 8 nitrogen and oxygen atoms in total. The van der Waals surface area contributed by atoms with Gasteiger partial charge in [0.15, 0.2) is 0 Å². The number of fused-ring (bicyclic) bond motifs is 1. The Hall–Kier alpha value is -3.10. The summed E-state index contributed by atoms with van der Waals surface area (Å²) in [6.45, 7) is 11.0. The number of piperazine rings is 1. The van der Waals surface area contributed by atoms with Crippen LogP contribution >= 0.6 is 0 Å². The maximum absolute atomic E-state index is 11.3. The zero-order valence-electron chi connectivity index (χ0n) is 19.7. The number of carbonyl (C=O) groups is 1. The lowest BCUT2D eigenvalue weighted by Gasteiger charge is -2.47. The molecule has 0 bridgehead atoms. The van der Waals surface area contributed by atoms with Gasteiger partial charge in [-0.3, -0.25) is 9.69 Å². The Morgan fingerprint density at radius 2 is 1.88 bits per heavy atom. The van der Waals surface area contributed by atoms with Gasteiger partial charge in [-0.2, -0.15) is 0 Å². The largest absolute Gasteiger partial charge is 0.507 e. The molecule has 2 atom stereocenters. The van der Waals surface area contributed by atoms with E-state index in [4.69, 9.17) is 10.7 Å². The normalized spacial score (nSPS) is 19.8. The average molecular weight is 452 g/mol. The highest BCUT2D eigenvalue weighted by atomic mass is 16.3. The third-order valence-corrected chi connectivity index (χ3v) is 6.30. The first-order valence-corrected chi connectivity index (χ1v) is 11.3. The minimum atomic E-state index is -0.717. The molecule has 0 aliphatic carbocycles. The molecule has 0 unspecified atom stereocenters. The molecule has 176 valence electrons. The van der Waals surface area contributed by atoms with E-state index in [1.165, 1.54) is 0 Å². The first kappa shape index (κ1) is 23.1. The molecule has 1 saturated heterocycles. The minimum absolute atomic E-state index is 0.112. The van der Waals surface area contributed by atoms with Crippen LogP contribution in [0.25, 0.3) is 11.0 Å². The van der Waals surface area contributed by atoms with E-state index in [9.17, 15) is 15.0 Å². The topological polar surface area (TPSA) is 108 Å². The second-order valence-electron chi connectivity index (χ2n) is 9.85. The third-order valence-electron chi connectivity index (χ3n) is 6.30. The van der Waals surface area contributed by atoms with Crippen molar-refractivity contribution in [3.8, 4) is 5.75 Å². The fraction of sp³-hybridized carbons (Fsp3) is 0.440. The Morgan fingerprint density at radius 1 is 1.18 bits per heavy atom. The van der Waals surface area contributed by atoms with E-state index in [1.54, 1.807) is 18.2 Å². The first-order chi connectivity index (χ1) is 15.5. The van der Waals surface area contributed by atoms with Crippen LogP contribution in [0, 0.1) is 0 Å². The van der Waals surface area contributed by atoms with Gasteiger partial charge in [0.2, 0.25) is 0 Å². The summed E-state index contributed by atoms with van der Waals surface area (Å²) in [7, 11) is 0. The molecule has 4 rings (SSSR count). The average Bonchev–Trinajstić information content (AvgIpc) is 3.11. The molecule has 1 aliphatic rings. The first-order valence-electron chi connectivity index (χ1n) is 11.3. The smallest absolute Gasteiger partial charge is 0.252 e. The molecule has 1 amide bonds. The summed E-state index contributed by atoms with van der Waals surface area (Å²) in [5.41, 5.74) is 7.47. The Morgan fingerprint density at radius 3 is 2.48 bits per heavy atom. The van der Waals surface area contributed by atoms with Crippen LogP contribution in [0.5, 0.6) is 5.75 Å². The van der Waals surface area contributed by atoms with E-state index in [0.29, 0.717) is 25.2 Å². The molecule has 4 N–H and O–H groups in total. The maximum Gasteiger partial charge on any atom is 0.252 e. The zero-order chi connectivity index (χ0) is 23.9. The number of aromatic nitrogens is 2. The Bertz CT molecular complexity index is 1150. The van der Waals surface area contributed by atoms with Crippen LogP contribution < -0.4 is 10.6 Å². The van der Waals surface area contributed by atoms with E-state index in [-0.39, 0.29) is 11.3 Å². The molecular formula is C25H33N5O3. The number of aliphatic hydroxyl groups is 1. The van der Waals surface area contributed by atoms with Crippen molar-refractivity contribution in [3.05, 3.63) is 53.9 Å². The van der Waals surface area contributed by atoms with Gasteiger partial charge in [0, 0.05) is 49.8 Å². The fourth-order valence-corrected chi connectivity index (χ4v) is 4.77. The fourth-order valence-electron chi connectivity index (χ4n) is 4.77. The zero-order valence-corrected chi connectivity index (χ0v) is 19.7.